The molecule has 3 rings (SSSR count). The number of nitrogens with two attached hydrogens (primary N) is 1. The number of amidine groups is 1. The molecule has 3 aliphatic carbocycles. The van der Waals surface area contributed by atoms with Crippen molar-refractivity contribution >= 4 is 11.7 Å². The fraction of sp³-hybridized carbons (Fsp3) is 0.867. The highest BCUT2D eigenvalue weighted by atomic mass is 16.4. The number of hydrogen-bond donors (Lipinski definition) is 3. The molecule has 20 heavy (non-hydrogen) atoms. The zero-order valence-corrected chi connectivity index (χ0v) is 12.0. The molecular formula is C15H25N3O2. The van der Waals surface area contributed by atoms with Crippen molar-refractivity contribution in [1.82, 2.24) is 5.32 Å². The van der Waals surface area contributed by atoms with E-state index in [4.69, 9.17) is 10.9 Å². The van der Waals surface area contributed by atoms with Crippen molar-refractivity contribution in [3.05, 3.63) is 0 Å². The lowest BCUT2D eigenvalue weighted by molar-refractivity contribution is -0.124. The molecular weight excluding hydrogens is 254 g/mol. The van der Waals surface area contributed by atoms with Crippen molar-refractivity contribution in [2.75, 3.05) is 0 Å². The van der Waals surface area contributed by atoms with E-state index in [9.17, 15) is 4.79 Å². The summed E-state index contributed by atoms with van der Waals surface area (Å²) in [6, 6.07) is 0. The molecule has 0 aromatic rings. The summed E-state index contributed by atoms with van der Waals surface area (Å²) in [6.45, 7) is 0. The monoisotopic (exact) mass is 279 g/mol. The number of nitrogens with one attached hydrogen (secondary N) is 1. The number of amides is 1. The molecule has 3 saturated carbocycles. The van der Waals surface area contributed by atoms with Gasteiger partial charge in [0.2, 0.25) is 5.91 Å². The lowest BCUT2D eigenvalue weighted by Crippen LogP contribution is -2.59. The number of oxime groups is 1. The third-order valence-electron chi connectivity index (χ3n) is 5.63. The second kappa shape index (κ2) is 5.26. The Labute approximate surface area is 120 Å². The van der Waals surface area contributed by atoms with Crippen LogP contribution in [0.15, 0.2) is 5.16 Å². The lowest BCUT2D eigenvalue weighted by Gasteiger charge is -2.37. The number of carbonyl (C=O) groups is 1. The summed E-state index contributed by atoms with van der Waals surface area (Å²) in [5.74, 6) is 1.68. The maximum Gasteiger partial charge on any atom is 0.224 e. The van der Waals surface area contributed by atoms with Crippen LogP contribution in [0.4, 0.5) is 0 Å². The van der Waals surface area contributed by atoms with Crippen molar-refractivity contribution < 1.29 is 10.0 Å². The maximum absolute atomic E-state index is 12.6. The second-order valence-electron chi connectivity index (χ2n) is 6.76. The minimum absolute atomic E-state index is 0.135. The normalized spacial score (nSPS) is 36.0. The Kier molecular flexibility index (Phi) is 3.61. The van der Waals surface area contributed by atoms with Gasteiger partial charge in [0.15, 0.2) is 5.84 Å². The van der Waals surface area contributed by atoms with Gasteiger partial charge in [-0.25, -0.2) is 0 Å². The van der Waals surface area contributed by atoms with Gasteiger partial charge in [0, 0.05) is 5.92 Å². The van der Waals surface area contributed by atoms with Crippen LogP contribution >= 0.6 is 0 Å². The van der Waals surface area contributed by atoms with Crippen LogP contribution in [0.5, 0.6) is 0 Å². The number of hydrogen-bond acceptors (Lipinski definition) is 3. The van der Waals surface area contributed by atoms with Crippen molar-refractivity contribution in [3.63, 3.8) is 0 Å². The van der Waals surface area contributed by atoms with Crippen LogP contribution in [0.3, 0.4) is 0 Å². The molecule has 3 aliphatic rings. The zero-order valence-electron chi connectivity index (χ0n) is 12.0. The first-order valence-electron chi connectivity index (χ1n) is 7.98. The van der Waals surface area contributed by atoms with Gasteiger partial charge in [0.05, 0.1) is 0 Å². The number of rotatable bonds is 3. The van der Waals surface area contributed by atoms with Gasteiger partial charge in [0.1, 0.15) is 5.54 Å². The summed E-state index contributed by atoms with van der Waals surface area (Å²) < 4.78 is 0. The fourth-order valence-corrected chi connectivity index (χ4v) is 4.40. The molecule has 0 radical (unpaired) electrons. The van der Waals surface area contributed by atoms with Crippen LogP contribution in [0, 0.1) is 17.8 Å². The molecule has 5 nitrogen and oxygen atoms in total. The van der Waals surface area contributed by atoms with Gasteiger partial charge in [-0.1, -0.05) is 37.3 Å². The van der Waals surface area contributed by atoms with Crippen molar-refractivity contribution in [3.8, 4) is 0 Å². The summed E-state index contributed by atoms with van der Waals surface area (Å²) in [5, 5.41) is 15.4. The number of nitrogens with zero attached hydrogens (tertiary/aromatic N) is 1. The Bertz CT molecular complexity index is 403. The summed E-state index contributed by atoms with van der Waals surface area (Å²) >= 11 is 0. The maximum atomic E-state index is 12.6. The van der Waals surface area contributed by atoms with Crippen LogP contribution in [0.2, 0.25) is 0 Å². The third kappa shape index (κ3) is 2.27. The van der Waals surface area contributed by atoms with Crippen molar-refractivity contribution in [2.45, 2.75) is 63.3 Å². The lowest BCUT2D eigenvalue weighted by atomic mass is 9.80. The van der Waals surface area contributed by atoms with Crippen molar-refractivity contribution in [2.24, 2.45) is 28.6 Å². The van der Waals surface area contributed by atoms with E-state index in [0.29, 0.717) is 11.8 Å². The summed E-state index contributed by atoms with van der Waals surface area (Å²) in [7, 11) is 0. The molecule has 5 heteroatoms. The fourth-order valence-electron chi connectivity index (χ4n) is 4.40. The standard InChI is InChI=1S/C15H25N3O2/c16-14(18-20)15(8-4-1-5-9-15)17-13(19)12-10-6-2-3-7-11(10)12/h10-12,20H,1-9H2,(H2,16,18)(H,17,19). The van der Waals surface area contributed by atoms with Gasteiger partial charge >= 0.3 is 0 Å². The van der Waals surface area contributed by atoms with E-state index in [1.807, 2.05) is 0 Å². The Balaban J connectivity index is 1.69. The molecule has 0 aliphatic heterocycles. The molecule has 4 N–H and O–H groups in total. The van der Waals surface area contributed by atoms with E-state index in [-0.39, 0.29) is 17.7 Å². The van der Waals surface area contributed by atoms with E-state index in [2.05, 4.69) is 10.5 Å². The largest absolute Gasteiger partial charge is 0.409 e. The molecule has 2 atom stereocenters. The Hall–Kier alpha value is -1.26. The van der Waals surface area contributed by atoms with E-state index in [1.165, 1.54) is 25.7 Å². The average Bonchev–Trinajstić information content (AvgIpc) is 3.21. The molecule has 0 spiro atoms. The average molecular weight is 279 g/mol. The van der Waals surface area contributed by atoms with Gasteiger partial charge in [-0.05, 0) is 37.5 Å². The molecule has 0 aromatic heterocycles. The van der Waals surface area contributed by atoms with Crippen molar-refractivity contribution in [1.29, 1.82) is 0 Å². The third-order valence-corrected chi connectivity index (χ3v) is 5.63. The highest BCUT2D eigenvalue weighted by Crippen LogP contribution is 2.55. The van der Waals surface area contributed by atoms with E-state index < -0.39 is 5.54 Å². The molecule has 0 aromatic carbocycles. The smallest absolute Gasteiger partial charge is 0.224 e. The summed E-state index contributed by atoms with van der Waals surface area (Å²) in [6.07, 6.45) is 9.69. The van der Waals surface area contributed by atoms with E-state index in [0.717, 1.165) is 32.1 Å². The number of fused-ring (bicyclic) bond motifs is 1. The van der Waals surface area contributed by atoms with Gasteiger partial charge in [-0.15, -0.1) is 0 Å². The molecule has 112 valence electrons. The predicted molar refractivity (Wildman–Crippen MR) is 76.3 cm³/mol. The molecule has 0 bridgehead atoms. The van der Waals surface area contributed by atoms with Gasteiger partial charge in [-0.3, -0.25) is 4.79 Å². The first kappa shape index (κ1) is 13.7. The van der Waals surface area contributed by atoms with Crippen LogP contribution in [-0.2, 0) is 4.79 Å². The highest BCUT2D eigenvalue weighted by molar-refractivity contribution is 5.95. The SMILES string of the molecule is NC(=NO)C1(NC(=O)C2C3CCCCC32)CCCCC1. The Morgan fingerprint density at radius 3 is 2.25 bits per heavy atom. The topological polar surface area (TPSA) is 87.7 Å². The van der Waals surface area contributed by atoms with Gasteiger partial charge < -0.3 is 16.3 Å². The number of carbonyl (C=O) groups excluding carboxylic acids is 1. The van der Waals surface area contributed by atoms with Crippen LogP contribution < -0.4 is 11.1 Å². The minimum Gasteiger partial charge on any atom is -0.409 e. The van der Waals surface area contributed by atoms with Gasteiger partial charge in [0.25, 0.3) is 0 Å². The molecule has 0 saturated heterocycles. The quantitative estimate of drug-likeness (QED) is 0.319. The first-order valence-corrected chi connectivity index (χ1v) is 7.98. The first-order chi connectivity index (χ1) is 9.68. The Morgan fingerprint density at radius 1 is 1.10 bits per heavy atom. The summed E-state index contributed by atoms with van der Waals surface area (Å²) in [4.78, 5) is 12.6. The van der Waals surface area contributed by atoms with Crippen LogP contribution in [0.25, 0.3) is 0 Å². The van der Waals surface area contributed by atoms with Crippen LogP contribution in [0.1, 0.15) is 57.8 Å². The Morgan fingerprint density at radius 2 is 1.70 bits per heavy atom. The second-order valence-corrected chi connectivity index (χ2v) is 6.76. The van der Waals surface area contributed by atoms with Crippen LogP contribution in [-0.4, -0.2) is 22.5 Å². The molecule has 1 amide bonds. The summed E-state index contributed by atoms with van der Waals surface area (Å²) in [5.41, 5.74) is 5.28. The highest BCUT2D eigenvalue weighted by Gasteiger charge is 2.56. The molecule has 2 unspecified atom stereocenters. The minimum atomic E-state index is -0.601. The zero-order chi connectivity index (χ0) is 14.2. The van der Waals surface area contributed by atoms with Gasteiger partial charge in [-0.2, -0.15) is 0 Å². The molecule has 3 fully saturated rings. The molecule has 0 heterocycles. The van der Waals surface area contributed by atoms with E-state index >= 15 is 0 Å². The van der Waals surface area contributed by atoms with E-state index in [1.54, 1.807) is 0 Å². The predicted octanol–water partition coefficient (Wildman–Crippen LogP) is 1.99.